The SMILES string of the molecule is COc1cnc2c(-c3nc4cc(F)c5c(c4s3)CC(COC(=O)Nc3ccc(-c4ncco4)cc3)O5)cc(C)cc2n1. The maximum Gasteiger partial charge on any atom is 0.411 e. The second-order valence-corrected chi connectivity index (χ2v) is 10.7. The molecule has 1 N–H and O–H groups in total. The number of nitrogens with one attached hydrogen (secondary N) is 1. The number of benzene rings is 3. The number of aromatic nitrogens is 4. The number of halogens is 1. The molecule has 0 bridgehead atoms. The van der Waals surface area contributed by atoms with Gasteiger partial charge in [0.05, 0.1) is 40.8 Å². The highest BCUT2D eigenvalue weighted by Crippen LogP contribution is 2.43. The van der Waals surface area contributed by atoms with Gasteiger partial charge in [-0.15, -0.1) is 11.3 Å². The average molecular weight is 584 g/mol. The zero-order valence-corrected chi connectivity index (χ0v) is 23.2. The van der Waals surface area contributed by atoms with Gasteiger partial charge in [0, 0.05) is 34.9 Å². The Labute approximate surface area is 242 Å². The molecule has 7 rings (SSSR count). The minimum absolute atomic E-state index is 0.0541. The summed E-state index contributed by atoms with van der Waals surface area (Å²) in [5, 5.41) is 3.37. The van der Waals surface area contributed by atoms with Crippen molar-refractivity contribution in [1.29, 1.82) is 0 Å². The van der Waals surface area contributed by atoms with Crippen LogP contribution in [0.25, 0.3) is 43.3 Å². The first-order chi connectivity index (χ1) is 20.4. The number of nitrogens with zero attached hydrogens (tertiary/aromatic N) is 4. The second kappa shape index (κ2) is 10.4. The highest BCUT2D eigenvalue weighted by atomic mass is 32.1. The molecule has 0 fully saturated rings. The number of hydrogen-bond acceptors (Lipinski definition) is 10. The molecule has 4 heterocycles. The molecule has 3 aromatic carbocycles. The number of carbonyl (C=O) groups is 1. The fraction of sp³-hybridized carbons (Fsp3) is 0.167. The quantitative estimate of drug-likeness (QED) is 0.232. The van der Waals surface area contributed by atoms with Gasteiger partial charge in [0.2, 0.25) is 11.8 Å². The molecule has 10 nitrogen and oxygen atoms in total. The Kier molecular flexibility index (Phi) is 6.39. The first kappa shape index (κ1) is 25.8. The third kappa shape index (κ3) is 4.75. The lowest BCUT2D eigenvalue weighted by atomic mass is 10.1. The molecule has 0 saturated carbocycles. The van der Waals surface area contributed by atoms with Crippen molar-refractivity contribution >= 4 is 44.4 Å². The van der Waals surface area contributed by atoms with Crippen LogP contribution in [0.1, 0.15) is 11.1 Å². The van der Waals surface area contributed by atoms with Crippen molar-refractivity contribution in [2.45, 2.75) is 19.4 Å². The molecule has 1 unspecified atom stereocenters. The molecule has 1 amide bonds. The van der Waals surface area contributed by atoms with E-state index in [1.54, 1.807) is 43.8 Å². The van der Waals surface area contributed by atoms with E-state index in [2.05, 4.69) is 20.3 Å². The Balaban J connectivity index is 1.08. The zero-order chi connectivity index (χ0) is 28.8. The Morgan fingerprint density at radius 3 is 2.79 bits per heavy atom. The van der Waals surface area contributed by atoms with Crippen LogP contribution in [0.15, 0.2) is 65.5 Å². The van der Waals surface area contributed by atoms with E-state index in [9.17, 15) is 4.79 Å². The Bertz CT molecular complexity index is 1960. The van der Waals surface area contributed by atoms with Gasteiger partial charge in [0.1, 0.15) is 24.0 Å². The summed E-state index contributed by atoms with van der Waals surface area (Å²) in [6, 6.07) is 12.3. The van der Waals surface area contributed by atoms with Crippen molar-refractivity contribution in [2.75, 3.05) is 19.0 Å². The van der Waals surface area contributed by atoms with Gasteiger partial charge in [0.25, 0.3) is 0 Å². The predicted molar refractivity (Wildman–Crippen MR) is 154 cm³/mol. The number of carbonyl (C=O) groups excluding carboxylic acids is 1. The number of oxazole rings is 1. The molecule has 6 aromatic rings. The summed E-state index contributed by atoms with van der Waals surface area (Å²) < 4.78 is 37.7. The van der Waals surface area contributed by atoms with Crippen molar-refractivity contribution in [2.24, 2.45) is 0 Å². The summed E-state index contributed by atoms with van der Waals surface area (Å²) in [5.41, 5.74) is 5.71. The Morgan fingerprint density at radius 1 is 1.14 bits per heavy atom. The Morgan fingerprint density at radius 2 is 2.00 bits per heavy atom. The maximum atomic E-state index is 15.1. The maximum absolute atomic E-state index is 15.1. The van der Waals surface area contributed by atoms with E-state index in [4.69, 9.17) is 23.6 Å². The molecular weight excluding hydrogens is 561 g/mol. The summed E-state index contributed by atoms with van der Waals surface area (Å²) in [7, 11) is 1.54. The van der Waals surface area contributed by atoms with Crippen LogP contribution in [-0.4, -0.2) is 45.8 Å². The first-order valence-corrected chi connectivity index (χ1v) is 13.8. The number of amides is 1. The predicted octanol–water partition coefficient (Wildman–Crippen LogP) is 6.57. The van der Waals surface area contributed by atoms with Crippen molar-refractivity contribution in [3.05, 3.63) is 78.1 Å². The van der Waals surface area contributed by atoms with Crippen LogP contribution in [0.2, 0.25) is 0 Å². The minimum Gasteiger partial charge on any atom is -0.483 e. The molecule has 0 saturated heterocycles. The molecule has 210 valence electrons. The molecule has 3 aromatic heterocycles. The fourth-order valence-corrected chi connectivity index (χ4v) is 6.04. The molecule has 12 heteroatoms. The van der Waals surface area contributed by atoms with Crippen LogP contribution >= 0.6 is 11.3 Å². The van der Waals surface area contributed by atoms with Gasteiger partial charge in [-0.1, -0.05) is 0 Å². The van der Waals surface area contributed by atoms with Gasteiger partial charge in [-0.05, 0) is 48.9 Å². The lowest BCUT2D eigenvalue weighted by Crippen LogP contribution is -2.25. The van der Waals surface area contributed by atoms with E-state index in [1.807, 2.05) is 19.1 Å². The van der Waals surface area contributed by atoms with Crippen LogP contribution in [0.3, 0.4) is 0 Å². The van der Waals surface area contributed by atoms with Crippen LogP contribution in [0, 0.1) is 12.7 Å². The van der Waals surface area contributed by atoms with E-state index in [1.165, 1.54) is 23.7 Å². The smallest absolute Gasteiger partial charge is 0.411 e. The van der Waals surface area contributed by atoms with E-state index in [0.717, 1.165) is 21.4 Å². The summed E-state index contributed by atoms with van der Waals surface area (Å²) in [5.74, 6) is 0.555. The topological polar surface area (TPSA) is 121 Å². The number of hydrogen-bond donors (Lipinski definition) is 1. The van der Waals surface area contributed by atoms with Gasteiger partial charge in [-0.25, -0.2) is 29.1 Å². The molecular formula is C30H22FN5O5S. The number of fused-ring (bicyclic) bond motifs is 4. The molecule has 42 heavy (non-hydrogen) atoms. The largest absolute Gasteiger partial charge is 0.483 e. The van der Waals surface area contributed by atoms with Gasteiger partial charge in [0.15, 0.2) is 11.6 Å². The van der Waals surface area contributed by atoms with Gasteiger partial charge >= 0.3 is 6.09 Å². The summed E-state index contributed by atoms with van der Waals surface area (Å²) >= 11 is 1.44. The molecule has 0 spiro atoms. The normalized spacial score (nSPS) is 14.1. The molecule has 1 aliphatic heterocycles. The second-order valence-electron chi connectivity index (χ2n) is 9.71. The average Bonchev–Trinajstić information content (AvgIpc) is 3.76. The van der Waals surface area contributed by atoms with Crippen LogP contribution in [0.4, 0.5) is 14.9 Å². The van der Waals surface area contributed by atoms with Crippen molar-refractivity contribution in [3.8, 4) is 33.7 Å². The lowest BCUT2D eigenvalue weighted by molar-refractivity contribution is 0.100. The molecule has 1 atom stereocenters. The van der Waals surface area contributed by atoms with E-state index in [-0.39, 0.29) is 12.4 Å². The monoisotopic (exact) mass is 583 g/mol. The minimum atomic E-state index is -0.645. The molecule has 1 aliphatic rings. The highest BCUT2D eigenvalue weighted by molar-refractivity contribution is 7.22. The summed E-state index contributed by atoms with van der Waals surface area (Å²) in [6.07, 6.45) is 3.80. The zero-order valence-electron chi connectivity index (χ0n) is 22.4. The van der Waals surface area contributed by atoms with E-state index in [0.29, 0.717) is 51.0 Å². The number of rotatable bonds is 6. The highest BCUT2D eigenvalue weighted by Gasteiger charge is 2.31. The third-order valence-corrected chi connectivity index (χ3v) is 7.98. The van der Waals surface area contributed by atoms with Crippen molar-refractivity contribution in [3.63, 3.8) is 0 Å². The standard InChI is InChI=1S/C30H22FN5O5S/c1-15-9-19(25-22(10-15)35-24(38-2)13-33-25)29-36-23-12-21(31)26-20(27(23)42-29)11-18(41-26)14-40-30(37)34-17-5-3-16(4-6-17)28-32-7-8-39-28/h3-10,12-13,18H,11,14H2,1-2H3,(H,34,37). The van der Waals surface area contributed by atoms with Crippen LogP contribution < -0.4 is 14.8 Å². The first-order valence-electron chi connectivity index (χ1n) is 13.0. The van der Waals surface area contributed by atoms with E-state index < -0.39 is 18.0 Å². The number of methoxy groups -OCH3 is 1. The lowest BCUT2D eigenvalue weighted by Gasteiger charge is -2.12. The number of anilines is 1. The van der Waals surface area contributed by atoms with Crippen molar-refractivity contribution in [1.82, 2.24) is 19.9 Å². The fourth-order valence-electron chi connectivity index (χ4n) is 4.93. The molecule has 0 radical (unpaired) electrons. The Hall–Kier alpha value is -5.10. The summed E-state index contributed by atoms with van der Waals surface area (Å²) in [6.45, 7) is 1.91. The number of ether oxygens (including phenoxy) is 3. The number of thiazole rings is 1. The third-order valence-electron chi connectivity index (χ3n) is 6.82. The number of aryl methyl sites for hydroxylation is 1. The van der Waals surface area contributed by atoms with Crippen molar-refractivity contribution < 1.29 is 27.8 Å². The van der Waals surface area contributed by atoms with Crippen LogP contribution in [-0.2, 0) is 11.2 Å². The molecule has 0 aliphatic carbocycles. The van der Waals surface area contributed by atoms with Gasteiger partial charge in [-0.2, -0.15) is 0 Å². The summed E-state index contributed by atoms with van der Waals surface area (Å²) in [4.78, 5) is 30.3. The van der Waals surface area contributed by atoms with Gasteiger partial charge < -0.3 is 18.6 Å². The van der Waals surface area contributed by atoms with Crippen LogP contribution in [0.5, 0.6) is 11.6 Å². The van der Waals surface area contributed by atoms with Gasteiger partial charge in [-0.3, -0.25) is 5.32 Å². The van der Waals surface area contributed by atoms with E-state index >= 15 is 4.39 Å².